The van der Waals surface area contributed by atoms with Crippen LogP contribution in [0.1, 0.15) is 12.8 Å². The second kappa shape index (κ2) is 8.33. The van der Waals surface area contributed by atoms with Crippen molar-refractivity contribution in [3.8, 4) is 0 Å². The van der Waals surface area contributed by atoms with Gasteiger partial charge in [-0.3, -0.25) is 4.79 Å². The Bertz CT molecular complexity index is 743. The van der Waals surface area contributed by atoms with Gasteiger partial charge in [0.25, 0.3) is 0 Å². The molecule has 25 heavy (non-hydrogen) atoms. The van der Waals surface area contributed by atoms with Gasteiger partial charge >= 0.3 is 6.03 Å². The van der Waals surface area contributed by atoms with Crippen LogP contribution >= 0.6 is 22.6 Å². The molecule has 0 aliphatic carbocycles. The van der Waals surface area contributed by atoms with Crippen molar-refractivity contribution >= 4 is 45.9 Å². The third-order valence-corrected chi connectivity index (χ3v) is 4.94. The van der Waals surface area contributed by atoms with Crippen molar-refractivity contribution in [1.82, 2.24) is 4.90 Å². The number of para-hydroxylation sites is 1. The Balaban J connectivity index is 1.49. The second-order valence-corrected chi connectivity index (χ2v) is 7.30. The van der Waals surface area contributed by atoms with E-state index in [0.29, 0.717) is 25.9 Å². The molecule has 0 radical (unpaired) electrons. The number of hydrogen-bond acceptors (Lipinski definition) is 2. The summed E-state index contributed by atoms with van der Waals surface area (Å²) >= 11 is 2.22. The van der Waals surface area contributed by atoms with E-state index in [-0.39, 0.29) is 17.9 Å². The third-order valence-electron chi connectivity index (χ3n) is 4.27. The molecule has 0 aromatic heterocycles. The van der Waals surface area contributed by atoms with E-state index in [1.807, 2.05) is 54.6 Å². The molecule has 2 aromatic carbocycles. The molecule has 1 fully saturated rings. The quantitative estimate of drug-likeness (QED) is 0.692. The Hall–Kier alpha value is -2.09. The van der Waals surface area contributed by atoms with E-state index in [1.165, 1.54) is 0 Å². The van der Waals surface area contributed by atoms with Crippen LogP contribution in [0, 0.1) is 9.49 Å². The number of nitrogens with zero attached hydrogens (tertiary/aromatic N) is 1. The molecule has 0 unspecified atom stereocenters. The molecule has 1 heterocycles. The summed E-state index contributed by atoms with van der Waals surface area (Å²) in [5.74, 6) is -0.0243. The third kappa shape index (κ3) is 4.94. The minimum absolute atomic E-state index is 0.0325. The van der Waals surface area contributed by atoms with Crippen LogP contribution in [0.4, 0.5) is 16.2 Å². The van der Waals surface area contributed by atoms with E-state index in [2.05, 4.69) is 33.2 Å². The normalized spacial score (nSPS) is 14.8. The minimum atomic E-state index is -0.109. The van der Waals surface area contributed by atoms with Crippen LogP contribution in [-0.4, -0.2) is 29.9 Å². The Morgan fingerprint density at radius 2 is 1.60 bits per heavy atom. The molecule has 0 saturated carbocycles. The summed E-state index contributed by atoms with van der Waals surface area (Å²) in [6.07, 6.45) is 1.36. The van der Waals surface area contributed by atoms with Crippen LogP contribution in [0.5, 0.6) is 0 Å². The van der Waals surface area contributed by atoms with E-state index in [0.717, 1.165) is 14.9 Å². The highest BCUT2D eigenvalue weighted by atomic mass is 127. The summed E-state index contributed by atoms with van der Waals surface area (Å²) in [6, 6.07) is 17.0. The maximum atomic E-state index is 12.4. The van der Waals surface area contributed by atoms with E-state index < -0.39 is 0 Å². The molecule has 3 rings (SSSR count). The smallest absolute Gasteiger partial charge is 0.321 e. The Kier molecular flexibility index (Phi) is 5.91. The van der Waals surface area contributed by atoms with Gasteiger partial charge in [-0.2, -0.15) is 0 Å². The SMILES string of the molecule is O=C(Nc1cccc(I)c1)C1CCN(C(=O)Nc2ccccc2)CC1. The van der Waals surface area contributed by atoms with Crippen LogP contribution in [0.3, 0.4) is 0 Å². The minimum Gasteiger partial charge on any atom is -0.326 e. The molecule has 0 atom stereocenters. The Morgan fingerprint density at radius 3 is 2.28 bits per heavy atom. The number of likely N-dealkylation sites (tertiary alicyclic amines) is 1. The summed E-state index contributed by atoms with van der Waals surface area (Å²) in [6.45, 7) is 1.17. The van der Waals surface area contributed by atoms with Crippen molar-refractivity contribution in [2.75, 3.05) is 23.7 Å². The van der Waals surface area contributed by atoms with Crippen molar-refractivity contribution in [2.24, 2.45) is 5.92 Å². The number of carbonyl (C=O) groups excluding carboxylic acids is 2. The lowest BCUT2D eigenvalue weighted by Gasteiger charge is -2.31. The van der Waals surface area contributed by atoms with Crippen LogP contribution in [0.25, 0.3) is 0 Å². The number of rotatable bonds is 3. The molecule has 130 valence electrons. The maximum absolute atomic E-state index is 12.4. The molecule has 5 nitrogen and oxygen atoms in total. The van der Waals surface area contributed by atoms with Gasteiger partial charge < -0.3 is 15.5 Å². The standard InChI is InChI=1S/C19H20IN3O2/c20-15-5-4-8-17(13-15)21-18(24)14-9-11-23(12-10-14)19(25)22-16-6-2-1-3-7-16/h1-8,13-14H,9-12H2,(H,21,24)(H,22,25). The molecule has 2 N–H and O–H groups in total. The monoisotopic (exact) mass is 449 g/mol. The molecular formula is C19H20IN3O2. The van der Waals surface area contributed by atoms with Crippen molar-refractivity contribution in [3.05, 3.63) is 58.2 Å². The summed E-state index contributed by atoms with van der Waals surface area (Å²) in [4.78, 5) is 26.5. The molecular weight excluding hydrogens is 429 g/mol. The number of hydrogen-bond donors (Lipinski definition) is 2. The lowest BCUT2D eigenvalue weighted by molar-refractivity contribution is -0.121. The van der Waals surface area contributed by atoms with Gasteiger partial charge in [-0.1, -0.05) is 24.3 Å². The molecule has 6 heteroatoms. The predicted molar refractivity (Wildman–Crippen MR) is 108 cm³/mol. The van der Waals surface area contributed by atoms with Crippen LogP contribution in [0.15, 0.2) is 54.6 Å². The summed E-state index contributed by atoms with van der Waals surface area (Å²) in [5, 5.41) is 5.86. The first kappa shape index (κ1) is 17.7. The molecule has 1 saturated heterocycles. The van der Waals surface area contributed by atoms with Crippen molar-refractivity contribution in [3.63, 3.8) is 0 Å². The maximum Gasteiger partial charge on any atom is 0.321 e. The van der Waals surface area contributed by atoms with Gasteiger partial charge in [0.2, 0.25) is 5.91 Å². The summed E-state index contributed by atoms with van der Waals surface area (Å²) < 4.78 is 1.09. The number of carbonyl (C=O) groups is 2. The number of piperidine rings is 1. The lowest BCUT2D eigenvalue weighted by atomic mass is 9.96. The fourth-order valence-corrected chi connectivity index (χ4v) is 3.42. The van der Waals surface area contributed by atoms with Crippen LogP contribution < -0.4 is 10.6 Å². The topological polar surface area (TPSA) is 61.4 Å². The van der Waals surface area contributed by atoms with E-state index in [9.17, 15) is 9.59 Å². The van der Waals surface area contributed by atoms with Crippen LogP contribution in [0.2, 0.25) is 0 Å². The Morgan fingerprint density at radius 1 is 0.920 bits per heavy atom. The van der Waals surface area contributed by atoms with Crippen molar-refractivity contribution in [1.29, 1.82) is 0 Å². The van der Waals surface area contributed by atoms with Gasteiger partial charge in [-0.05, 0) is 65.8 Å². The highest BCUT2D eigenvalue weighted by Gasteiger charge is 2.27. The number of amides is 3. The molecule has 1 aliphatic heterocycles. The molecule has 0 spiro atoms. The zero-order valence-corrected chi connectivity index (χ0v) is 15.9. The largest absolute Gasteiger partial charge is 0.326 e. The average Bonchev–Trinajstić information content (AvgIpc) is 2.62. The first-order valence-corrected chi connectivity index (χ1v) is 9.37. The number of nitrogens with one attached hydrogen (secondary N) is 2. The number of anilines is 2. The second-order valence-electron chi connectivity index (χ2n) is 6.06. The van der Waals surface area contributed by atoms with E-state index >= 15 is 0 Å². The number of halogens is 1. The van der Waals surface area contributed by atoms with Gasteiger partial charge in [-0.25, -0.2) is 4.79 Å². The summed E-state index contributed by atoms with van der Waals surface area (Å²) in [7, 11) is 0. The van der Waals surface area contributed by atoms with Gasteiger partial charge in [0.15, 0.2) is 0 Å². The molecule has 0 bridgehead atoms. The van der Waals surface area contributed by atoms with Gasteiger partial charge in [0, 0.05) is 34.0 Å². The fourth-order valence-electron chi connectivity index (χ4n) is 2.88. The molecule has 2 aromatic rings. The van der Waals surface area contributed by atoms with Crippen LogP contribution in [-0.2, 0) is 4.79 Å². The highest BCUT2D eigenvalue weighted by molar-refractivity contribution is 14.1. The highest BCUT2D eigenvalue weighted by Crippen LogP contribution is 2.21. The number of urea groups is 1. The molecule has 3 amide bonds. The predicted octanol–water partition coefficient (Wildman–Crippen LogP) is 4.17. The van der Waals surface area contributed by atoms with Crippen molar-refractivity contribution in [2.45, 2.75) is 12.8 Å². The van der Waals surface area contributed by atoms with Crippen molar-refractivity contribution < 1.29 is 9.59 Å². The lowest BCUT2D eigenvalue weighted by Crippen LogP contribution is -2.43. The van der Waals surface area contributed by atoms with Gasteiger partial charge in [-0.15, -0.1) is 0 Å². The first-order chi connectivity index (χ1) is 12.1. The Labute approximate surface area is 160 Å². The fraction of sp³-hybridized carbons (Fsp3) is 0.263. The van der Waals surface area contributed by atoms with Gasteiger partial charge in [0.1, 0.15) is 0 Å². The average molecular weight is 449 g/mol. The number of benzene rings is 2. The molecule has 1 aliphatic rings. The van der Waals surface area contributed by atoms with E-state index in [1.54, 1.807) is 4.90 Å². The first-order valence-electron chi connectivity index (χ1n) is 8.29. The van der Waals surface area contributed by atoms with Gasteiger partial charge in [0.05, 0.1) is 0 Å². The summed E-state index contributed by atoms with van der Waals surface area (Å²) in [5.41, 5.74) is 1.60. The zero-order chi connectivity index (χ0) is 17.6. The zero-order valence-electron chi connectivity index (χ0n) is 13.7. The van der Waals surface area contributed by atoms with E-state index in [4.69, 9.17) is 0 Å².